The van der Waals surface area contributed by atoms with Crippen LogP contribution in [-0.4, -0.2) is 14.6 Å². The van der Waals surface area contributed by atoms with Gasteiger partial charge in [-0.25, -0.2) is 4.57 Å². The van der Waals surface area contributed by atoms with Crippen molar-refractivity contribution >= 4 is 11.7 Å². The van der Waals surface area contributed by atoms with E-state index >= 15 is 0 Å². The van der Waals surface area contributed by atoms with Crippen LogP contribution in [-0.2, 0) is 7.05 Å². The van der Waals surface area contributed by atoms with Gasteiger partial charge >= 0.3 is 11.7 Å². The van der Waals surface area contributed by atoms with Crippen molar-refractivity contribution < 1.29 is 17.0 Å². The van der Waals surface area contributed by atoms with E-state index < -0.39 is 0 Å². The van der Waals surface area contributed by atoms with E-state index in [1.54, 1.807) is 9.08 Å². The summed E-state index contributed by atoms with van der Waals surface area (Å²) in [5, 5.41) is 4.15. The van der Waals surface area contributed by atoms with Gasteiger partial charge in [-0.3, -0.25) is 0 Å². The number of hydrogen-bond acceptors (Lipinski definition) is 3. The third-order valence-corrected chi connectivity index (χ3v) is 2.06. The zero-order valence-electron chi connectivity index (χ0n) is 8.32. The van der Waals surface area contributed by atoms with Gasteiger partial charge in [-0.2, -0.15) is 0 Å². The Morgan fingerprint density at radius 1 is 1.43 bits per heavy atom. The van der Waals surface area contributed by atoms with E-state index in [0.717, 1.165) is 17.2 Å². The first-order chi connectivity index (χ1) is 6.09. The van der Waals surface area contributed by atoms with Crippen molar-refractivity contribution in [3.8, 4) is 0 Å². The van der Waals surface area contributed by atoms with Crippen LogP contribution in [0.1, 0.15) is 11.4 Å². The Morgan fingerprint density at radius 2 is 2.07 bits per heavy atom. The van der Waals surface area contributed by atoms with Gasteiger partial charge in [-0.15, -0.1) is 9.50 Å². The molecule has 0 aliphatic carbocycles. The van der Waals surface area contributed by atoms with Crippen molar-refractivity contribution in [1.82, 2.24) is 14.6 Å². The molecule has 0 fully saturated rings. The Balaban J connectivity index is 0.000000980. The van der Waals surface area contributed by atoms with Gasteiger partial charge in [-0.05, 0) is 13.8 Å². The van der Waals surface area contributed by atoms with Crippen LogP contribution >= 0.6 is 0 Å². The molecule has 14 heavy (non-hydrogen) atoms. The highest BCUT2D eigenvalue weighted by molar-refractivity contribution is 5.28. The summed E-state index contributed by atoms with van der Waals surface area (Å²) in [6.45, 7) is 3.93. The molecule has 2 N–H and O–H groups in total. The molecule has 2 rings (SSSR count). The van der Waals surface area contributed by atoms with Crippen LogP contribution in [0.4, 0.5) is 5.95 Å². The molecule has 76 valence electrons. The zero-order chi connectivity index (χ0) is 9.59. The zero-order valence-corrected chi connectivity index (χ0v) is 9.08. The first-order valence-corrected chi connectivity index (χ1v) is 4.08. The lowest BCUT2D eigenvalue weighted by Gasteiger charge is -1.93. The minimum atomic E-state index is 0. The highest BCUT2D eigenvalue weighted by Gasteiger charge is 2.15. The Morgan fingerprint density at radius 3 is 2.71 bits per heavy atom. The topological polar surface area (TPSA) is 60.1 Å². The monoisotopic (exact) mass is 213 g/mol. The maximum absolute atomic E-state index is 5.66. The first kappa shape index (κ1) is 10.7. The smallest absolute Gasteiger partial charge is 0.358 e. The minimum Gasteiger partial charge on any atom is -1.00 e. The third-order valence-electron chi connectivity index (χ3n) is 2.06. The summed E-state index contributed by atoms with van der Waals surface area (Å²) in [7, 11) is 1.85. The van der Waals surface area contributed by atoms with E-state index in [1.807, 2.05) is 27.0 Å². The average Bonchev–Trinajstić information content (AvgIpc) is 2.32. The van der Waals surface area contributed by atoms with Crippen LogP contribution in [0.5, 0.6) is 0 Å². The van der Waals surface area contributed by atoms with Crippen LogP contribution in [0.3, 0.4) is 0 Å². The molecule has 2 aromatic heterocycles. The van der Waals surface area contributed by atoms with Gasteiger partial charge in [-0.1, -0.05) is 0 Å². The molecular formula is C8H12ClN5. The molecule has 0 aliphatic heterocycles. The second-order valence-corrected chi connectivity index (χ2v) is 3.17. The molecule has 2 heterocycles. The van der Waals surface area contributed by atoms with E-state index in [4.69, 9.17) is 5.73 Å². The molecule has 6 heteroatoms. The molecule has 0 radical (unpaired) electrons. The Kier molecular flexibility index (Phi) is 2.62. The largest absolute Gasteiger partial charge is 1.00 e. The lowest BCUT2D eigenvalue weighted by Crippen LogP contribution is -3.00. The molecule has 0 aliphatic rings. The molecule has 0 saturated heterocycles. The predicted molar refractivity (Wildman–Crippen MR) is 48.0 cm³/mol. The van der Waals surface area contributed by atoms with Crippen LogP contribution < -0.4 is 22.7 Å². The van der Waals surface area contributed by atoms with Crippen molar-refractivity contribution in [3.05, 3.63) is 17.5 Å². The van der Waals surface area contributed by atoms with Crippen LogP contribution in [0.15, 0.2) is 6.07 Å². The summed E-state index contributed by atoms with van der Waals surface area (Å²) in [6, 6.07) is 1.97. The third kappa shape index (κ3) is 1.39. The van der Waals surface area contributed by atoms with E-state index in [-0.39, 0.29) is 12.4 Å². The first-order valence-electron chi connectivity index (χ1n) is 4.08. The van der Waals surface area contributed by atoms with Gasteiger partial charge in [0.15, 0.2) is 0 Å². The van der Waals surface area contributed by atoms with Gasteiger partial charge in [0.25, 0.3) is 0 Å². The summed E-state index contributed by atoms with van der Waals surface area (Å²) in [4.78, 5) is 4.34. The minimum absolute atomic E-state index is 0. The maximum Gasteiger partial charge on any atom is 0.358 e. The molecular weight excluding hydrogens is 202 g/mol. The second-order valence-electron chi connectivity index (χ2n) is 3.17. The lowest BCUT2D eigenvalue weighted by molar-refractivity contribution is -0.633. The fourth-order valence-electron chi connectivity index (χ4n) is 1.37. The number of anilines is 1. The van der Waals surface area contributed by atoms with Crippen molar-refractivity contribution in [3.63, 3.8) is 0 Å². The van der Waals surface area contributed by atoms with Gasteiger partial charge in [0, 0.05) is 18.2 Å². The van der Waals surface area contributed by atoms with Crippen molar-refractivity contribution in [2.75, 3.05) is 5.73 Å². The fraction of sp³-hybridized carbons (Fsp3) is 0.375. The van der Waals surface area contributed by atoms with Gasteiger partial charge < -0.3 is 18.1 Å². The summed E-state index contributed by atoms with van der Waals surface area (Å²) in [5.74, 6) is 1.25. The number of hydrogen-bond donors (Lipinski definition) is 1. The van der Waals surface area contributed by atoms with Crippen LogP contribution in [0.2, 0.25) is 0 Å². The SMILES string of the molecule is Cc1cc(C)n2nc(N)[n+](C)c2n1.[Cl-]. The molecule has 0 aromatic carbocycles. The maximum atomic E-state index is 5.66. The average molecular weight is 214 g/mol. The number of nitrogens with zero attached hydrogens (tertiary/aromatic N) is 4. The number of fused-ring (bicyclic) bond motifs is 1. The number of halogens is 1. The highest BCUT2D eigenvalue weighted by Crippen LogP contribution is 2.03. The van der Waals surface area contributed by atoms with Crippen molar-refractivity contribution in [2.45, 2.75) is 13.8 Å². The second kappa shape index (κ2) is 3.42. The summed E-state index contributed by atoms with van der Waals surface area (Å²) < 4.78 is 3.50. The standard InChI is InChI=1S/C8H12N5.ClH/c1-5-4-6(2)13-8(10-5)12(3)7(9)11-13;/h4H,1-3H3,(H2,9,11);1H/q+1;/p-1. The molecule has 5 nitrogen and oxygen atoms in total. The number of nitrogen functional groups attached to an aromatic ring is 1. The van der Waals surface area contributed by atoms with Crippen molar-refractivity contribution in [1.29, 1.82) is 0 Å². The Hall–Kier alpha value is -1.36. The lowest BCUT2D eigenvalue weighted by atomic mass is 10.4. The molecule has 0 atom stereocenters. The van der Waals surface area contributed by atoms with Gasteiger partial charge in [0.05, 0.1) is 11.4 Å². The Labute approximate surface area is 88.0 Å². The van der Waals surface area contributed by atoms with E-state index in [9.17, 15) is 0 Å². The van der Waals surface area contributed by atoms with E-state index in [0.29, 0.717) is 5.95 Å². The van der Waals surface area contributed by atoms with E-state index in [2.05, 4.69) is 10.1 Å². The molecule has 0 saturated carbocycles. The molecule has 0 amide bonds. The molecule has 2 aromatic rings. The van der Waals surface area contributed by atoms with Gasteiger partial charge in [0.2, 0.25) is 0 Å². The van der Waals surface area contributed by atoms with Gasteiger partial charge in [0.1, 0.15) is 0 Å². The molecule has 0 bridgehead atoms. The highest BCUT2D eigenvalue weighted by atomic mass is 35.5. The van der Waals surface area contributed by atoms with E-state index in [1.165, 1.54) is 0 Å². The number of aryl methyl sites for hydroxylation is 3. The molecule has 0 spiro atoms. The Bertz CT molecular complexity index is 476. The number of aromatic nitrogens is 4. The summed E-state index contributed by atoms with van der Waals surface area (Å²) in [6.07, 6.45) is 0. The normalized spacial score (nSPS) is 10.2. The predicted octanol–water partition coefficient (Wildman–Crippen LogP) is -3.24. The van der Waals surface area contributed by atoms with Crippen LogP contribution in [0, 0.1) is 13.8 Å². The number of nitrogens with two attached hydrogens (primary N) is 1. The van der Waals surface area contributed by atoms with Crippen LogP contribution in [0.25, 0.3) is 5.78 Å². The quantitative estimate of drug-likeness (QED) is 0.468. The van der Waals surface area contributed by atoms with Crippen molar-refractivity contribution in [2.24, 2.45) is 7.05 Å². The fourth-order valence-corrected chi connectivity index (χ4v) is 1.37. The number of rotatable bonds is 0. The molecule has 0 unspecified atom stereocenters. The summed E-state index contributed by atoms with van der Waals surface area (Å²) >= 11 is 0. The summed E-state index contributed by atoms with van der Waals surface area (Å²) in [5.41, 5.74) is 7.67.